The molecule has 1 amide bonds. The summed E-state index contributed by atoms with van der Waals surface area (Å²) in [6.07, 6.45) is 1.17. The molecule has 3 rings (SSSR count). The molecule has 1 heterocycles. The van der Waals surface area contributed by atoms with Crippen LogP contribution >= 0.6 is 11.6 Å². The summed E-state index contributed by atoms with van der Waals surface area (Å²) in [5, 5.41) is 10.7. The number of aromatic nitrogens is 2. The van der Waals surface area contributed by atoms with Crippen LogP contribution in [0.5, 0.6) is 0 Å². The van der Waals surface area contributed by atoms with Crippen LogP contribution in [0.25, 0.3) is 10.9 Å². The largest absolute Gasteiger partial charge is 0.308 e. The Morgan fingerprint density at radius 3 is 2.72 bits per heavy atom. The highest BCUT2D eigenvalue weighted by molar-refractivity contribution is 7.92. The first-order valence-corrected chi connectivity index (χ1v) is 9.58. The molecule has 7 nitrogen and oxygen atoms in total. The quantitative estimate of drug-likeness (QED) is 0.635. The standard InChI is InChI=1S/C16H15ClN4O3S/c1-25(23,24)21-11-6-7-14-12(9-11)16(20-19-14)18-15(22)8-10-4-2-3-5-13(10)17/h2-7,9,21H,8H2,1H3,(H2,18,19,20,22). The Hall–Kier alpha value is -2.58. The number of sulfonamides is 1. The fraction of sp³-hybridized carbons (Fsp3) is 0.125. The lowest BCUT2D eigenvalue weighted by Crippen LogP contribution is -2.15. The molecule has 0 aliphatic carbocycles. The first kappa shape index (κ1) is 17.2. The fourth-order valence-corrected chi connectivity index (χ4v) is 3.14. The molecule has 0 aliphatic rings. The van der Waals surface area contributed by atoms with Gasteiger partial charge in [0.1, 0.15) is 0 Å². The zero-order valence-electron chi connectivity index (χ0n) is 13.2. The van der Waals surface area contributed by atoms with Crippen LogP contribution in [0.15, 0.2) is 42.5 Å². The third-order valence-electron chi connectivity index (χ3n) is 3.43. The highest BCUT2D eigenvalue weighted by Crippen LogP contribution is 2.25. The first-order chi connectivity index (χ1) is 11.8. The van der Waals surface area contributed by atoms with Crippen LogP contribution in [0.4, 0.5) is 11.5 Å². The van der Waals surface area contributed by atoms with Gasteiger partial charge in [0.25, 0.3) is 0 Å². The number of H-pyrrole nitrogens is 1. The Kier molecular flexibility index (Phi) is 4.65. The molecule has 0 bridgehead atoms. The van der Waals surface area contributed by atoms with E-state index in [9.17, 15) is 13.2 Å². The molecule has 25 heavy (non-hydrogen) atoms. The second kappa shape index (κ2) is 6.73. The maximum atomic E-state index is 12.3. The van der Waals surface area contributed by atoms with E-state index in [1.54, 1.807) is 36.4 Å². The fourth-order valence-electron chi connectivity index (χ4n) is 2.38. The number of hydrogen-bond acceptors (Lipinski definition) is 4. The highest BCUT2D eigenvalue weighted by atomic mass is 35.5. The van der Waals surface area contributed by atoms with E-state index in [0.29, 0.717) is 33.0 Å². The number of aromatic amines is 1. The van der Waals surface area contributed by atoms with Crippen molar-refractivity contribution in [1.29, 1.82) is 0 Å². The highest BCUT2D eigenvalue weighted by Gasteiger charge is 2.13. The van der Waals surface area contributed by atoms with Crippen molar-refractivity contribution in [3.05, 3.63) is 53.1 Å². The van der Waals surface area contributed by atoms with Gasteiger partial charge >= 0.3 is 0 Å². The van der Waals surface area contributed by atoms with Gasteiger partial charge in [-0.25, -0.2) is 8.42 Å². The summed E-state index contributed by atoms with van der Waals surface area (Å²) in [7, 11) is -3.39. The summed E-state index contributed by atoms with van der Waals surface area (Å²) in [4.78, 5) is 12.3. The molecule has 0 unspecified atom stereocenters. The van der Waals surface area contributed by atoms with Crippen molar-refractivity contribution in [2.24, 2.45) is 0 Å². The summed E-state index contributed by atoms with van der Waals surface area (Å²) in [5.74, 6) is 0.0483. The Morgan fingerprint density at radius 1 is 1.24 bits per heavy atom. The van der Waals surface area contributed by atoms with Crippen LogP contribution in [-0.4, -0.2) is 30.8 Å². The number of nitrogens with zero attached hydrogens (tertiary/aromatic N) is 1. The predicted molar refractivity (Wildman–Crippen MR) is 98.3 cm³/mol. The van der Waals surface area contributed by atoms with Gasteiger partial charge in [-0.1, -0.05) is 29.8 Å². The van der Waals surface area contributed by atoms with Crippen molar-refractivity contribution in [1.82, 2.24) is 10.2 Å². The minimum atomic E-state index is -3.39. The topological polar surface area (TPSA) is 104 Å². The molecule has 0 saturated heterocycles. The Labute approximate surface area is 149 Å². The monoisotopic (exact) mass is 378 g/mol. The van der Waals surface area contributed by atoms with E-state index >= 15 is 0 Å². The molecule has 9 heteroatoms. The lowest BCUT2D eigenvalue weighted by Gasteiger charge is -2.06. The van der Waals surface area contributed by atoms with Gasteiger partial charge in [-0.2, -0.15) is 5.10 Å². The Balaban J connectivity index is 1.82. The number of amides is 1. The molecule has 130 valence electrons. The second-order valence-corrected chi connectivity index (χ2v) is 7.68. The zero-order valence-corrected chi connectivity index (χ0v) is 14.8. The number of nitrogens with one attached hydrogen (secondary N) is 3. The summed E-state index contributed by atoms with van der Waals surface area (Å²) < 4.78 is 25.1. The third-order valence-corrected chi connectivity index (χ3v) is 4.41. The van der Waals surface area contributed by atoms with Gasteiger partial charge < -0.3 is 5.32 Å². The van der Waals surface area contributed by atoms with E-state index in [4.69, 9.17) is 11.6 Å². The molecule has 0 radical (unpaired) electrons. The number of anilines is 2. The van der Waals surface area contributed by atoms with Gasteiger partial charge in [0.2, 0.25) is 15.9 Å². The van der Waals surface area contributed by atoms with Gasteiger partial charge in [0, 0.05) is 16.1 Å². The number of halogens is 1. The van der Waals surface area contributed by atoms with E-state index in [0.717, 1.165) is 6.26 Å². The van der Waals surface area contributed by atoms with Crippen molar-refractivity contribution in [2.45, 2.75) is 6.42 Å². The summed E-state index contributed by atoms with van der Waals surface area (Å²) >= 11 is 6.06. The third kappa shape index (κ3) is 4.28. The van der Waals surface area contributed by atoms with Crippen LogP contribution < -0.4 is 10.0 Å². The van der Waals surface area contributed by atoms with Gasteiger partial charge in [0.15, 0.2) is 5.82 Å². The molecule has 2 aromatic carbocycles. The molecule has 3 aromatic rings. The smallest absolute Gasteiger partial charge is 0.230 e. The molecular weight excluding hydrogens is 364 g/mol. The number of benzene rings is 2. The molecule has 0 atom stereocenters. The summed E-state index contributed by atoms with van der Waals surface area (Å²) in [6, 6.07) is 12.0. The molecule has 0 aliphatic heterocycles. The maximum absolute atomic E-state index is 12.3. The average molecular weight is 379 g/mol. The molecule has 0 saturated carbocycles. The molecule has 0 spiro atoms. The lowest BCUT2D eigenvalue weighted by molar-refractivity contribution is -0.115. The van der Waals surface area contributed by atoms with E-state index in [1.165, 1.54) is 0 Å². The van der Waals surface area contributed by atoms with Crippen LogP contribution in [0.2, 0.25) is 5.02 Å². The molecule has 0 fully saturated rings. The molecule has 3 N–H and O–H groups in total. The van der Waals surface area contributed by atoms with Gasteiger partial charge in [-0.3, -0.25) is 14.6 Å². The minimum absolute atomic E-state index is 0.106. The van der Waals surface area contributed by atoms with Crippen LogP contribution in [0, 0.1) is 0 Å². The Morgan fingerprint density at radius 2 is 2.00 bits per heavy atom. The van der Waals surface area contributed by atoms with E-state index in [1.807, 2.05) is 6.07 Å². The molecule has 1 aromatic heterocycles. The number of rotatable bonds is 5. The second-order valence-electron chi connectivity index (χ2n) is 5.52. The van der Waals surface area contributed by atoms with E-state index in [2.05, 4.69) is 20.2 Å². The summed E-state index contributed by atoms with van der Waals surface area (Å²) in [6.45, 7) is 0. The van der Waals surface area contributed by atoms with E-state index < -0.39 is 10.0 Å². The number of fused-ring (bicyclic) bond motifs is 1. The van der Waals surface area contributed by atoms with Crippen molar-refractivity contribution in [3.8, 4) is 0 Å². The number of carbonyl (C=O) groups excluding carboxylic acids is 1. The zero-order chi connectivity index (χ0) is 18.0. The van der Waals surface area contributed by atoms with Crippen LogP contribution in [-0.2, 0) is 21.2 Å². The number of hydrogen-bond donors (Lipinski definition) is 3. The molecular formula is C16H15ClN4O3S. The van der Waals surface area contributed by atoms with Gasteiger partial charge in [0.05, 0.1) is 18.2 Å². The van der Waals surface area contributed by atoms with Crippen molar-refractivity contribution in [2.75, 3.05) is 16.3 Å². The summed E-state index contributed by atoms with van der Waals surface area (Å²) in [5.41, 5.74) is 1.77. The number of carbonyl (C=O) groups is 1. The predicted octanol–water partition coefficient (Wildman–Crippen LogP) is 2.77. The van der Waals surface area contributed by atoms with Crippen LogP contribution in [0.3, 0.4) is 0 Å². The SMILES string of the molecule is CS(=O)(=O)Nc1ccc2[nH]nc(NC(=O)Cc3ccccc3Cl)c2c1. The lowest BCUT2D eigenvalue weighted by atomic mass is 10.1. The van der Waals surface area contributed by atoms with Crippen molar-refractivity contribution >= 4 is 49.9 Å². The first-order valence-electron chi connectivity index (χ1n) is 7.31. The van der Waals surface area contributed by atoms with Gasteiger partial charge in [-0.05, 0) is 29.8 Å². The normalized spacial score (nSPS) is 11.4. The Bertz CT molecular complexity index is 1050. The average Bonchev–Trinajstić information content (AvgIpc) is 2.90. The minimum Gasteiger partial charge on any atom is -0.308 e. The van der Waals surface area contributed by atoms with Crippen molar-refractivity contribution in [3.63, 3.8) is 0 Å². The maximum Gasteiger partial charge on any atom is 0.230 e. The van der Waals surface area contributed by atoms with Crippen LogP contribution in [0.1, 0.15) is 5.56 Å². The van der Waals surface area contributed by atoms with E-state index in [-0.39, 0.29) is 12.3 Å². The van der Waals surface area contributed by atoms with Gasteiger partial charge in [-0.15, -0.1) is 0 Å². The van der Waals surface area contributed by atoms with Crippen molar-refractivity contribution < 1.29 is 13.2 Å².